The summed E-state index contributed by atoms with van der Waals surface area (Å²) in [6.07, 6.45) is 0. The van der Waals surface area contributed by atoms with Crippen molar-refractivity contribution in [3.63, 3.8) is 0 Å². The Kier molecular flexibility index (Phi) is 4.45. The summed E-state index contributed by atoms with van der Waals surface area (Å²) in [4.78, 5) is 0. The number of nitrogens with two attached hydrogens (primary N) is 1. The van der Waals surface area contributed by atoms with Crippen molar-refractivity contribution in [3.05, 3.63) is 63.1 Å². The Labute approximate surface area is 125 Å². The Hall–Kier alpha value is -1.52. The molecule has 3 nitrogen and oxygen atoms in total. The van der Waals surface area contributed by atoms with Crippen molar-refractivity contribution >= 4 is 33.4 Å². The molecule has 0 fully saturated rings. The Morgan fingerprint density at radius 2 is 2.05 bits per heavy atom. The van der Waals surface area contributed by atoms with Crippen LogP contribution < -0.4 is 10.5 Å². The van der Waals surface area contributed by atoms with Crippen LogP contribution in [0, 0.1) is 5.41 Å². The predicted octanol–water partition coefficient (Wildman–Crippen LogP) is 3.97. The van der Waals surface area contributed by atoms with Crippen LogP contribution >= 0.6 is 27.5 Å². The molecule has 0 unspecified atom stereocenters. The lowest BCUT2D eigenvalue weighted by atomic mass is 10.2. The number of benzene rings is 2. The molecular formula is C14H12BrClN2O. The summed E-state index contributed by atoms with van der Waals surface area (Å²) >= 11 is 9.29. The van der Waals surface area contributed by atoms with Gasteiger partial charge in [-0.15, -0.1) is 0 Å². The average Bonchev–Trinajstić information content (AvgIpc) is 2.36. The number of rotatable bonds is 4. The molecule has 0 bridgehead atoms. The molecule has 0 amide bonds. The van der Waals surface area contributed by atoms with Gasteiger partial charge in [-0.3, -0.25) is 5.41 Å². The number of amidine groups is 1. The maximum Gasteiger partial charge on any atom is 0.131 e. The summed E-state index contributed by atoms with van der Waals surface area (Å²) in [5, 5.41) is 8.19. The van der Waals surface area contributed by atoms with Crippen LogP contribution in [-0.4, -0.2) is 5.84 Å². The highest BCUT2D eigenvalue weighted by atomic mass is 79.9. The third kappa shape index (κ3) is 3.72. The Morgan fingerprint density at radius 3 is 2.74 bits per heavy atom. The van der Waals surface area contributed by atoms with E-state index in [1.807, 2.05) is 30.3 Å². The monoisotopic (exact) mass is 338 g/mol. The van der Waals surface area contributed by atoms with E-state index in [4.69, 9.17) is 27.5 Å². The summed E-state index contributed by atoms with van der Waals surface area (Å²) < 4.78 is 6.58. The van der Waals surface area contributed by atoms with Gasteiger partial charge in [0.25, 0.3) is 0 Å². The molecule has 0 saturated carbocycles. The minimum atomic E-state index is -0.0198. The normalized spacial score (nSPS) is 10.2. The lowest BCUT2D eigenvalue weighted by Crippen LogP contribution is -2.13. The first kappa shape index (κ1) is 13.9. The lowest BCUT2D eigenvalue weighted by molar-refractivity contribution is 0.305. The molecule has 0 aliphatic rings. The van der Waals surface area contributed by atoms with Gasteiger partial charge in [-0.25, -0.2) is 0 Å². The summed E-state index contributed by atoms with van der Waals surface area (Å²) in [7, 11) is 0. The van der Waals surface area contributed by atoms with E-state index in [2.05, 4.69) is 15.9 Å². The highest BCUT2D eigenvalue weighted by Crippen LogP contribution is 2.24. The molecule has 98 valence electrons. The minimum absolute atomic E-state index is 0.0198. The van der Waals surface area contributed by atoms with E-state index in [9.17, 15) is 0 Å². The van der Waals surface area contributed by atoms with Gasteiger partial charge < -0.3 is 10.5 Å². The molecule has 2 rings (SSSR count). The zero-order chi connectivity index (χ0) is 13.8. The first-order valence-electron chi connectivity index (χ1n) is 5.57. The molecule has 5 heteroatoms. The fraction of sp³-hybridized carbons (Fsp3) is 0.0714. The van der Waals surface area contributed by atoms with E-state index in [-0.39, 0.29) is 5.84 Å². The fourth-order valence-electron chi connectivity index (χ4n) is 1.63. The smallest absolute Gasteiger partial charge is 0.131 e. The van der Waals surface area contributed by atoms with Gasteiger partial charge >= 0.3 is 0 Å². The Bertz CT molecular complexity index is 616. The van der Waals surface area contributed by atoms with E-state index >= 15 is 0 Å². The predicted molar refractivity (Wildman–Crippen MR) is 80.9 cm³/mol. The molecule has 19 heavy (non-hydrogen) atoms. The molecule has 0 spiro atoms. The zero-order valence-electron chi connectivity index (χ0n) is 9.99. The third-order valence-corrected chi connectivity index (χ3v) is 3.25. The quantitative estimate of drug-likeness (QED) is 0.654. The summed E-state index contributed by atoms with van der Waals surface area (Å²) in [6, 6.07) is 12.8. The van der Waals surface area contributed by atoms with Gasteiger partial charge in [0.05, 0.1) is 5.56 Å². The largest absolute Gasteiger partial charge is 0.488 e. The highest BCUT2D eigenvalue weighted by Gasteiger charge is 2.07. The van der Waals surface area contributed by atoms with Crippen LogP contribution in [0.15, 0.2) is 46.9 Å². The molecule has 2 aromatic carbocycles. The Balaban J connectivity index is 2.19. The van der Waals surface area contributed by atoms with Gasteiger partial charge in [-0.05, 0) is 35.9 Å². The summed E-state index contributed by atoms with van der Waals surface area (Å²) in [5.41, 5.74) is 7.06. The van der Waals surface area contributed by atoms with E-state index in [0.29, 0.717) is 22.9 Å². The van der Waals surface area contributed by atoms with Crippen LogP contribution in [0.25, 0.3) is 0 Å². The number of hydrogen-bond acceptors (Lipinski definition) is 2. The molecule has 0 aliphatic carbocycles. The standard InChI is InChI=1S/C14H12BrClN2O/c15-10-4-5-12(14(17)18)13(7-10)19-8-9-2-1-3-11(16)6-9/h1-7H,8H2,(H3,17,18). The molecule has 0 radical (unpaired) electrons. The van der Waals surface area contributed by atoms with Crippen LogP contribution in [0.3, 0.4) is 0 Å². The topological polar surface area (TPSA) is 59.1 Å². The van der Waals surface area contributed by atoms with Crippen molar-refractivity contribution in [1.82, 2.24) is 0 Å². The second-order valence-electron chi connectivity index (χ2n) is 3.97. The molecule has 2 aromatic rings. The Morgan fingerprint density at radius 1 is 1.26 bits per heavy atom. The molecule has 0 heterocycles. The van der Waals surface area contributed by atoms with E-state index in [1.54, 1.807) is 12.1 Å². The summed E-state index contributed by atoms with van der Waals surface area (Å²) in [5.74, 6) is 0.551. The van der Waals surface area contributed by atoms with Crippen LogP contribution in [0.4, 0.5) is 0 Å². The average molecular weight is 340 g/mol. The van der Waals surface area contributed by atoms with E-state index in [0.717, 1.165) is 10.0 Å². The maximum atomic E-state index is 7.53. The van der Waals surface area contributed by atoms with Gasteiger partial charge in [0.2, 0.25) is 0 Å². The molecule has 0 aromatic heterocycles. The number of nitrogens with one attached hydrogen (secondary N) is 1. The van der Waals surface area contributed by atoms with E-state index < -0.39 is 0 Å². The van der Waals surface area contributed by atoms with Crippen molar-refractivity contribution in [2.24, 2.45) is 5.73 Å². The SMILES string of the molecule is N=C(N)c1ccc(Br)cc1OCc1cccc(Cl)c1. The molecular weight excluding hydrogens is 328 g/mol. The summed E-state index contributed by atoms with van der Waals surface area (Å²) in [6.45, 7) is 0.372. The van der Waals surface area contributed by atoms with Crippen molar-refractivity contribution in [3.8, 4) is 5.75 Å². The van der Waals surface area contributed by atoms with Gasteiger partial charge in [0, 0.05) is 9.50 Å². The minimum Gasteiger partial charge on any atom is -0.488 e. The zero-order valence-corrected chi connectivity index (χ0v) is 12.3. The maximum absolute atomic E-state index is 7.53. The van der Waals surface area contributed by atoms with Crippen molar-refractivity contribution in [2.75, 3.05) is 0 Å². The molecule has 0 saturated heterocycles. The van der Waals surface area contributed by atoms with Crippen LogP contribution in [0.2, 0.25) is 5.02 Å². The van der Waals surface area contributed by atoms with Gasteiger partial charge in [0.1, 0.15) is 18.2 Å². The number of halogens is 2. The number of hydrogen-bond donors (Lipinski definition) is 2. The van der Waals surface area contributed by atoms with Crippen LogP contribution in [0.1, 0.15) is 11.1 Å². The highest BCUT2D eigenvalue weighted by molar-refractivity contribution is 9.10. The first-order chi connectivity index (χ1) is 9.06. The first-order valence-corrected chi connectivity index (χ1v) is 6.74. The second-order valence-corrected chi connectivity index (χ2v) is 5.32. The van der Waals surface area contributed by atoms with Crippen LogP contribution in [-0.2, 0) is 6.61 Å². The molecule has 3 N–H and O–H groups in total. The fourth-order valence-corrected chi connectivity index (χ4v) is 2.18. The molecule has 0 atom stereocenters. The number of nitrogen functional groups attached to an aromatic ring is 1. The lowest BCUT2D eigenvalue weighted by Gasteiger charge is -2.11. The van der Waals surface area contributed by atoms with Crippen LogP contribution in [0.5, 0.6) is 5.75 Å². The second kappa shape index (κ2) is 6.08. The molecule has 0 aliphatic heterocycles. The van der Waals surface area contributed by atoms with E-state index in [1.165, 1.54) is 0 Å². The third-order valence-electron chi connectivity index (χ3n) is 2.52. The van der Waals surface area contributed by atoms with Gasteiger partial charge in [0.15, 0.2) is 0 Å². The number of ether oxygens (including phenoxy) is 1. The van der Waals surface area contributed by atoms with Crippen molar-refractivity contribution in [1.29, 1.82) is 5.41 Å². The van der Waals surface area contributed by atoms with Gasteiger partial charge in [-0.1, -0.05) is 39.7 Å². The van der Waals surface area contributed by atoms with Gasteiger partial charge in [-0.2, -0.15) is 0 Å². The van der Waals surface area contributed by atoms with Crippen molar-refractivity contribution in [2.45, 2.75) is 6.61 Å². The van der Waals surface area contributed by atoms with Crippen molar-refractivity contribution < 1.29 is 4.74 Å².